The van der Waals surface area contributed by atoms with E-state index in [1.165, 1.54) is 13.0 Å². The van der Waals surface area contributed by atoms with Crippen molar-refractivity contribution in [3.63, 3.8) is 0 Å². The van der Waals surface area contributed by atoms with E-state index < -0.39 is 30.0 Å². The Hall–Kier alpha value is -0.870. The smallest absolute Gasteiger partial charge is 0.308 e. The van der Waals surface area contributed by atoms with Crippen LogP contribution in [0.2, 0.25) is 0 Å². The lowest BCUT2D eigenvalue weighted by Gasteiger charge is -2.24. The van der Waals surface area contributed by atoms with Crippen molar-refractivity contribution in [3.05, 3.63) is 12.2 Å². The van der Waals surface area contributed by atoms with Gasteiger partial charge in [-0.2, -0.15) is 0 Å². The molecule has 0 amide bonds. The molecule has 4 heteroatoms. The highest BCUT2D eigenvalue weighted by molar-refractivity contribution is 5.70. The van der Waals surface area contributed by atoms with Crippen LogP contribution < -0.4 is 0 Å². The number of hydrogen-bond acceptors (Lipinski definition) is 3. The number of aliphatic hydroxyl groups excluding tert-OH is 2. The number of carbonyl (C=O) groups is 1. The van der Waals surface area contributed by atoms with E-state index in [4.69, 9.17) is 5.11 Å². The van der Waals surface area contributed by atoms with Gasteiger partial charge in [0.25, 0.3) is 0 Å². The minimum atomic E-state index is -1.06. The Morgan fingerprint density at radius 3 is 2.14 bits per heavy atom. The quantitative estimate of drug-likeness (QED) is 0.572. The molecule has 0 saturated carbocycles. The third kappa shape index (κ3) is 3.47. The summed E-state index contributed by atoms with van der Waals surface area (Å²) in [5, 5.41) is 27.7. The molecule has 3 N–H and O–H groups in total. The van der Waals surface area contributed by atoms with E-state index in [0.717, 1.165) is 0 Å². The van der Waals surface area contributed by atoms with Crippen LogP contribution in [0.3, 0.4) is 0 Å². The third-order valence-corrected chi connectivity index (χ3v) is 2.37. The lowest BCUT2D eigenvalue weighted by Crippen LogP contribution is -2.36. The predicted octanol–water partition coefficient (Wildman–Crippen LogP) is 0.641. The van der Waals surface area contributed by atoms with Crippen molar-refractivity contribution < 1.29 is 20.1 Å². The molecule has 0 fully saturated rings. The van der Waals surface area contributed by atoms with Crippen molar-refractivity contribution in [2.45, 2.75) is 33.0 Å². The molecule has 0 aliphatic rings. The molecule has 0 aliphatic heterocycles. The monoisotopic (exact) mass is 202 g/mol. The van der Waals surface area contributed by atoms with E-state index >= 15 is 0 Å². The zero-order valence-electron chi connectivity index (χ0n) is 8.71. The van der Waals surface area contributed by atoms with Crippen molar-refractivity contribution in [1.82, 2.24) is 0 Å². The van der Waals surface area contributed by atoms with Crippen molar-refractivity contribution in [2.75, 3.05) is 0 Å². The van der Waals surface area contributed by atoms with Crippen LogP contribution in [0.1, 0.15) is 20.8 Å². The number of carboxylic acids is 1. The minimum Gasteiger partial charge on any atom is -0.481 e. The fourth-order valence-corrected chi connectivity index (χ4v) is 1.18. The van der Waals surface area contributed by atoms with Gasteiger partial charge in [0.2, 0.25) is 0 Å². The molecular weight excluding hydrogens is 184 g/mol. The Bertz CT molecular complexity index is 212. The van der Waals surface area contributed by atoms with Crippen molar-refractivity contribution in [3.8, 4) is 0 Å². The second kappa shape index (κ2) is 5.78. The van der Waals surface area contributed by atoms with Crippen LogP contribution in [-0.2, 0) is 4.79 Å². The highest BCUT2D eigenvalue weighted by Crippen LogP contribution is 2.17. The molecule has 0 saturated heterocycles. The topological polar surface area (TPSA) is 77.8 Å². The summed E-state index contributed by atoms with van der Waals surface area (Å²) in [6.45, 7) is 4.80. The van der Waals surface area contributed by atoms with Gasteiger partial charge < -0.3 is 15.3 Å². The van der Waals surface area contributed by atoms with E-state index in [9.17, 15) is 15.0 Å². The van der Waals surface area contributed by atoms with Gasteiger partial charge in [-0.3, -0.25) is 4.79 Å². The van der Waals surface area contributed by atoms with Gasteiger partial charge in [0, 0.05) is 5.92 Å². The average Bonchev–Trinajstić information content (AvgIpc) is 2.14. The number of aliphatic hydroxyl groups is 2. The summed E-state index contributed by atoms with van der Waals surface area (Å²) in [7, 11) is 0. The highest BCUT2D eigenvalue weighted by Gasteiger charge is 2.29. The summed E-state index contributed by atoms with van der Waals surface area (Å²) in [6, 6.07) is 0. The molecule has 0 radical (unpaired) electrons. The Labute approximate surface area is 83.9 Å². The SMILES string of the molecule is CC=C[C@@H](O)[C@H](C)C(O)C(C)C(=O)O. The van der Waals surface area contributed by atoms with Crippen molar-refractivity contribution >= 4 is 5.97 Å². The maximum atomic E-state index is 10.6. The Kier molecular flexibility index (Phi) is 5.42. The zero-order valence-corrected chi connectivity index (χ0v) is 8.71. The fourth-order valence-electron chi connectivity index (χ4n) is 1.18. The second-order valence-corrected chi connectivity index (χ2v) is 3.49. The first kappa shape index (κ1) is 13.1. The van der Waals surface area contributed by atoms with E-state index in [1.54, 1.807) is 19.9 Å². The molecule has 4 nitrogen and oxygen atoms in total. The van der Waals surface area contributed by atoms with Gasteiger partial charge >= 0.3 is 5.97 Å². The number of allylic oxidation sites excluding steroid dienone is 1. The van der Waals surface area contributed by atoms with Crippen LogP contribution in [0, 0.1) is 11.8 Å². The first-order chi connectivity index (χ1) is 6.41. The normalized spacial score (nSPS) is 20.4. The molecular formula is C10H18O4. The molecule has 0 heterocycles. The van der Waals surface area contributed by atoms with Crippen LogP contribution in [0.4, 0.5) is 0 Å². The van der Waals surface area contributed by atoms with E-state index in [1.807, 2.05) is 0 Å². The second-order valence-electron chi connectivity index (χ2n) is 3.49. The molecule has 4 atom stereocenters. The first-order valence-corrected chi connectivity index (χ1v) is 4.63. The van der Waals surface area contributed by atoms with Crippen LogP contribution in [0.15, 0.2) is 12.2 Å². The van der Waals surface area contributed by atoms with Gasteiger partial charge in [-0.15, -0.1) is 0 Å². The molecule has 82 valence electrons. The molecule has 0 aliphatic carbocycles. The fraction of sp³-hybridized carbons (Fsp3) is 0.700. The lowest BCUT2D eigenvalue weighted by molar-refractivity contribution is -0.146. The van der Waals surface area contributed by atoms with Gasteiger partial charge in [-0.1, -0.05) is 19.1 Å². The van der Waals surface area contributed by atoms with Gasteiger partial charge in [-0.05, 0) is 13.8 Å². The van der Waals surface area contributed by atoms with Gasteiger partial charge in [0.05, 0.1) is 18.1 Å². The molecule has 2 unspecified atom stereocenters. The molecule has 0 aromatic heterocycles. The lowest BCUT2D eigenvalue weighted by atomic mass is 9.89. The predicted molar refractivity (Wildman–Crippen MR) is 52.8 cm³/mol. The molecule has 0 spiro atoms. The van der Waals surface area contributed by atoms with Crippen molar-refractivity contribution in [1.29, 1.82) is 0 Å². The summed E-state index contributed by atoms with van der Waals surface area (Å²) in [5.41, 5.74) is 0. The van der Waals surface area contributed by atoms with Crippen LogP contribution in [0.5, 0.6) is 0 Å². The standard InChI is InChI=1S/C10H18O4/c1-4-5-8(11)6(2)9(12)7(3)10(13)14/h4-9,11-12H,1-3H3,(H,13,14)/t6-,7?,8+,9?/m0/s1. The molecule has 0 rings (SSSR count). The maximum absolute atomic E-state index is 10.6. The summed E-state index contributed by atoms with van der Waals surface area (Å²) in [5.74, 6) is -2.42. The molecule has 0 aromatic rings. The van der Waals surface area contributed by atoms with E-state index in [0.29, 0.717) is 0 Å². The number of rotatable bonds is 5. The van der Waals surface area contributed by atoms with Crippen LogP contribution in [-0.4, -0.2) is 33.5 Å². The van der Waals surface area contributed by atoms with Crippen LogP contribution in [0.25, 0.3) is 0 Å². The Morgan fingerprint density at radius 2 is 1.79 bits per heavy atom. The van der Waals surface area contributed by atoms with Crippen molar-refractivity contribution in [2.24, 2.45) is 11.8 Å². The van der Waals surface area contributed by atoms with E-state index in [-0.39, 0.29) is 0 Å². The molecule has 0 aromatic carbocycles. The van der Waals surface area contributed by atoms with Gasteiger partial charge in [-0.25, -0.2) is 0 Å². The summed E-state index contributed by atoms with van der Waals surface area (Å²) in [6.07, 6.45) is 1.34. The largest absolute Gasteiger partial charge is 0.481 e. The Balaban J connectivity index is 4.37. The highest BCUT2D eigenvalue weighted by atomic mass is 16.4. The number of hydrogen-bond donors (Lipinski definition) is 3. The maximum Gasteiger partial charge on any atom is 0.308 e. The van der Waals surface area contributed by atoms with E-state index in [2.05, 4.69) is 0 Å². The summed E-state index contributed by atoms with van der Waals surface area (Å²) in [4.78, 5) is 10.6. The molecule has 14 heavy (non-hydrogen) atoms. The number of aliphatic carboxylic acids is 1. The van der Waals surface area contributed by atoms with Gasteiger partial charge in [0.15, 0.2) is 0 Å². The molecule has 0 bridgehead atoms. The average molecular weight is 202 g/mol. The summed E-state index contributed by atoms with van der Waals surface area (Å²) >= 11 is 0. The zero-order chi connectivity index (χ0) is 11.3. The van der Waals surface area contributed by atoms with Gasteiger partial charge in [0.1, 0.15) is 0 Å². The number of carboxylic acid groups (broad SMARTS) is 1. The third-order valence-electron chi connectivity index (χ3n) is 2.37. The minimum absolute atomic E-state index is 0.489. The summed E-state index contributed by atoms with van der Waals surface area (Å²) < 4.78 is 0. The Morgan fingerprint density at radius 1 is 1.29 bits per heavy atom. The first-order valence-electron chi connectivity index (χ1n) is 4.63. The van der Waals surface area contributed by atoms with Crippen LogP contribution >= 0.6 is 0 Å².